The Labute approximate surface area is 206 Å². The van der Waals surface area contributed by atoms with Crippen LogP contribution in [0.1, 0.15) is 36.1 Å². The maximum absolute atomic E-state index is 8.88. The van der Waals surface area contributed by atoms with E-state index in [0.717, 1.165) is 33.4 Å². The Bertz CT molecular complexity index is 1330. The third kappa shape index (κ3) is 4.60. The molecule has 0 aliphatic heterocycles. The summed E-state index contributed by atoms with van der Waals surface area (Å²) in [6.07, 6.45) is 3.51. The summed E-state index contributed by atoms with van der Waals surface area (Å²) >= 11 is 0. The van der Waals surface area contributed by atoms with Crippen LogP contribution in [0.3, 0.4) is 0 Å². The van der Waals surface area contributed by atoms with Crippen molar-refractivity contribution in [3.63, 3.8) is 0 Å². The summed E-state index contributed by atoms with van der Waals surface area (Å²) in [5.41, 5.74) is 8.35. The third-order valence-corrected chi connectivity index (χ3v) is 6.71. The topological polar surface area (TPSA) is 66.0 Å². The second-order valence-electron chi connectivity index (χ2n) is 9.02. The number of nitrogens with zero attached hydrogens (tertiary/aromatic N) is 2. The minimum absolute atomic E-state index is 0.196. The van der Waals surface area contributed by atoms with E-state index in [4.69, 9.17) is 20.0 Å². The number of nitriles is 2. The molecule has 0 amide bonds. The molecule has 4 rings (SSSR count). The highest BCUT2D eigenvalue weighted by Crippen LogP contribution is 2.36. The van der Waals surface area contributed by atoms with Crippen molar-refractivity contribution in [3.05, 3.63) is 107 Å². The van der Waals surface area contributed by atoms with Gasteiger partial charge in [0.15, 0.2) is 0 Å². The molecule has 0 radical (unpaired) electrons. The average molecular weight is 459 g/mol. The fraction of sp³-hybridized carbons (Fsp3) is 0.161. The SMILES string of the molecule is Cc1c(OC#N)cccc1-c1ccc(C(C)(C)c2ccc(-c3cccc(OC#N)c3C)cc2)cc1. The van der Waals surface area contributed by atoms with Crippen LogP contribution >= 0.6 is 0 Å². The van der Waals surface area contributed by atoms with Gasteiger partial charge in [-0.1, -0.05) is 86.6 Å². The van der Waals surface area contributed by atoms with Crippen molar-refractivity contribution in [1.82, 2.24) is 0 Å². The zero-order valence-electron chi connectivity index (χ0n) is 20.3. The van der Waals surface area contributed by atoms with Gasteiger partial charge in [-0.3, -0.25) is 0 Å². The smallest absolute Gasteiger partial charge is 0.292 e. The first kappa shape index (κ1) is 23.6. The van der Waals surface area contributed by atoms with E-state index >= 15 is 0 Å². The highest BCUT2D eigenvalue weighted by atomic mass is 16.5. The van der Waals surface area contributed by atoms with Gasteiger partial charge in [-0.15, -0.1) is 10.5 Å². The van der Waals surface area contributed by atoms with Crippen LogP contribution in [0.15, 0.2) is 84.9 Å². The quantitative estimate of drug-likeness (QED) is 0.278. The van der Waals surface area contributed by atoms with Gasteiger partial charge in [0.1, 0.15) is 11.5 Å². The molecule has 4 aromatic carbocycles. The normalized spacial score (nSPS) is 10.8. The first-order valence-corrected chi connectivity index (χ1v) is 11.4. The minimum Gasteiger partial charge on any atom is -0.388 e. The average Bonchev–Trinajstić information content (AvgIpc) is 2.87. The molecule has 0 spiro atoms. The summed E-state index contributed by atoms with van der Waals surface area (Å²) < 4.78 is 10.2. The van der Waals surface area contributed by atoms with E-state index in [1.165, 1.54) is 11.1 Å². The second kappa shape index (κ2) is 9.75. The molecule has 0 fully saturated rings. The molecule has 0 heterocycles. The molecule has 172 valence electrons. The van der Waals surface area contributed by atoms with Gasteiger partial charge in [0.05, 0.1) is 0 Å². The monoisotopic (exact) mass is 458 g/mol. The van der Waals surface area contributed by atoms with Gasteiger partial charge in [-0.05, 0) is 59.4 Å². The molecule has 0 saturated heterocycles. The minimum atomic E-state index is -0.196. The van der Waals surface area contributed by atoms with Crippen molar-refractivity contribution in [2.24, 2.45) is 0 Å². The number of rotatable bonds is 6. The van der Waals surface area contributed by atoms with Crippen molar-refractivity contribution >= 4 is 0 Å². The number of hydrogen-bond donors (Lipinski definition) is 0. The molecule has 0 saturated carbocycles. The summed E-state index contributed by atoms with van der Waals surface area (Å²) in [6.45, 7) is 8.36. The molecule has 4 aromatic rings. The lowest BCUT2D eigenvalue weighted by atomic mass is 9.77. The highest BCUT2D eigenvalue weighted by molar-refractivity contribution is 5.71. The van der Waals surface area contributed by atoms with E-state index in [2.05, 4.69) is 62.4 Å². The third-order valence-electron chi connectivity index (χ3n) is 6.71. The van der Waals surface area contributed by atoms with E-state index < -0.39 is 0 Å². The van der Waals surface area contributed by atoms with Crippen molar-refractivity contribution in [1.29, 1.82) is 10.5 Å². The molecular formula is C31H26N2O2. The van der Waals surface area contributed by atoms with Crippen LogP contribution in [-0.4, -0.2) is 0 Å². The van der Waals surface area contributed by atoms with Gasteiger partial charge >= 0.3 is 0 Å². The Morgan fingerprint density at radius 2 is 0.943 bits per heavy atom. The molecule has 0 unspecified atom stereocenters. The molecule has 4 heteroatoms. The first-order valence-electron chi connectivity index (χ1n) is 11.4. The summed E-state index contributed by atoms with van der Waals surface area (Å²) in [5.74, 6) is 1.16. The van der Waals surface area contributed by atoms with Crippen LogP contribution in [-0.2, 0) is 5.41 Å². The maximum atomic E-state index is 8.88. The lowest BCUT2D eigenvalue weighted by Gasteiger charge is -2.27. The van der Waals surface area contributed by atoms with Crippen molar-refractivity contribution < 1.29 is 9.47 Å². The number of hydrogen-bond acceptors (Lipinski definition) is 4. The summed E-state index contributed by atoms with van der Waals surface area (Å²) in [5, 5.41) is 17.8. The summed E-state index contributed by atoms with van der Waals surface area (Å²) in [7, 11) is 0. The largest absolute Gasteiger partial charge is 0.388 e. The Kier molecular flexibility index (Phi) is 6.58. The van der Waals surface area contributed by atoms with Gasteiger partial charge in [0, 0.05) is 16.5 Å². The fourth-order valence-electron chi connectivity index (χ4n) is 4.47. The van der Waals surface area contributed by atoms with Crippen LogP contribution in [0.2, 0.25) is 0 Å². The molecule has 4 nitrogen and oxygen atoms in total. The molecule has 0 aliphatic rings. The van der Waals surface area contributed by atoms with Crippen molar-refractivity contribution in [3.8, 4) is 46.3 Å². The Hall–Kier alpha value is -4.54. The Morgan fingerprint density at radius 3 is 1.29 bits per heavy atom. The van der Waals surface area contributed by atoms with Gasteiger partial charge in [-0.25, -0.2) is 0 Å². The Balaban J connectivity index is 1.61. The number of ether oxygens (including phenoxy) is 2. The van der Waals surface area contributed by atoms with E-state index in [0.29, 0.717) is 11.5 Å². The van der Waals surface area contributed by atoms with E-state index in [1.54, 1.807) is 24.6 Å². The molecule has 0 atom stereocenters. The standard InChI is InChI=1S/C31H26N2O2/c1-21-27(7-5-9-29(21)34-19-32)23-11-15-25(16-12-23)31(3,4)26-17-13-24(14-18-26)28-8-6-10-30(22(28)2)35-20-33/h5-18H,1-4H3. The van der Waals surface area contributed by atoms with Crippen LogP contribution in [0.4, 0.5) is 0 Å². The van der Waals surface area contributed by atoms with Crippen molar-refractivity contribution in [2.45, 2.75) is 33.1 Å². The first-order chi connectivity index (χ1) is 16.9. The van der Waals surface area contributed by atoms with Gasteiger partial charge < -0.3 is 9.47 Å². The predicted octanol–water partition coefficient (Wildman–Crippen LogP) is 7.68. The predicted molar refractivity (Wildman–Crippen MR) is 138 cm³/mol. The van der Waals surface area contributed by atoms with Crippen molar-refractivity contribution in [2.75, 3.05) is 0 Å². The lowest BCUT2D eigenvalue weighted by Crippen LogP contribution is -2.18. The van der Waals surface area contributed by atoms with Crippen LogP contribution in [0, 0.1) is 36.9 Å². The number of benzene rings is 4. The highest BCUT2D eigenvalue weighted by Gasteiger charge is 2.23. The molecule has 0 aromatic heterocycles. The summed E-state index contributed by atoms with van der Waals surface area (Å²) in [4.78, 5) is 0. The van der Waals surface area contributed by atoms with Crippen LogP contribution in [0.5, 0.6) is 11.5 Å². The molecular weight excluding hydrogens is 432 g/mol. The van der Waals surface area contributed by atoms with E-state index in [-0.39, 0.29) is 5.41 Å². The molecule has 35 heavy (non-hydrogen) atoms. The molecule has 0 N–H and O–H groups in total. The zero-order chi connectivity index (χ0) is 25.0. The van der Waals surface area contributed by atoms with E-state index in [9.17, 15) is 0 Å². The van der Waals surface area contributed by atoms with Gasteiger partial charge in [0.25, 0.3) is 12.5 Å². The molecule has 0 bridgehead atoms. The van der Waals surface area contributed by atoms with E-state index in [1.807, 2.05) is 38.1 Å². The lowest BCUT2D eigenvalue weighted by molar-refractivity contribution is 0.503. The van der Waals surface area contributed by atoms with Crippen LogP contribution in [0.25, 0.3) is 22.3 Å². The molecule has 0 aliphatic carbocycles. The second-order valence-corrected chi connectivity index (χ2v) is 9.02. The zero-order valence-corrected chi connectivity index (χ0v) is 20.3. The van der Waals surface area contributed by atoms with Crippen LogP contribution < -0.4 is 9.47 Å². The van der Waals surface area contributed by atoms with Gasteiger partial charge in [0.2, 0.25) is 0 Å². The maximum Gasteiger partial charge on any atom is 0.292 e. The fourth-order valence-corrected chi connectivity index (χ4v) is 4.47. The summed E-state index contributed by atoms with van der Waals surface area (Å²) in [6, 6.07) is 28.6. The Morgan fingerprint density at radius 1 is 0.571 bits per heavy atom. The van der Waals surface area contributed by atoms with Gasteiger partial charge in [-0.2, -0.15) is 0 Å².